The quantitative estimate of drug-likeness (QED) is 0.651. The number of halogens is 3. The van der Waals surface area contributed by atoms with Gasteiger partial charge in [0.1, 0.15) is 5.82 Å². The molecule has 0 aliphatic heterocycles. The second kappa shape index (κ2) is 5.77. The zero-order chi connectivity index (χ0) is 14.2. The summed E-state index contributed by atoms with van der Waals surface area (Å²) in [5, 5.41) is 0. The van der Waals surface area contributed by atoms with Gasteiger partial charge >= 0.3 is 0 Å². The standard InChI is InChI=1S/C13H13Cl2FN2S/c1-6-3-7(2)11(9(16)4-6)12(18-17)8-5-10(14)19-13(8)15/h3-5,12,18H,17H2,1-2H3. The number of nitrogens with two attached hydrogens (primary N) is 1. The van der Waals surface area contributed by atoms with Crippen molar-refractivity contribution in [1.29, 1.82) is 0 Å². The molecule has 0 bridgehead atoms. The van der Waals surface area contributed by atoms with Crippen molar-refractivity contribution in [3.8, 4) is 0 Å². The van der Waals surface area contributed by atoms with Crippen molar-refractivity contribution in [2.75, 3.05) is 0 Å². The molecule has 0 radical (unpaired) electrons. The third-order valence-corrected chi connectivity index (χ3v) is 4.45. The Labute approximate surface area is 125 Å². The number of hydrogen-bond acceptors (Lipinski definition) is 3. The van der Waals surface area contributed by atoms with E-state index in [1.807, 2.05) is 19.9 Å². The number of aryl methyl sites for hydroxylation is 2. The normalized spacial score (nSPS) is 12.7. The Kier molecular flexibility index (Phi) is 4.48. The lowest BCUT2D eigenvalue weighted by atomic mass is 9.95. The summed E-state index contributed by atoms with van der Waals surface area (Å²) < 4.78 is 15.3. The molecule has 6 heteroatoms. The number of thiophene rings is 1. The van der Waals surface area contributed by atoms with Gasteiger partial charge in [0.25, 0.3) is 0 Å². The van der Waals surface area contributed by atoms with Gasteiger partial charge in [-0.1, -0.05) is 29.3 Å². The molecule has 3 N–H and O–H groups in total. The van der Waals surface area contributed by atoms with Crippen LogP contribution in [0.5, 0.6) is 0 Å². The van der Waals surface area contributed by atoms with Crippen LogP contribution in [0.3, 0.4) is 0 Å². The van der Waals surface area contributed by atoms with E-state index in [9.17, 15) is 4.39 Å². The number of rotatable bonds is 3. The molecule has 0 aliphatic rings. The van der Waals surface area contributed by atoms with Crippen molar-refractivity contribution in [2.45, 2.75) is 19.9 Å². The van der Waals surface area contributed by atoms with Gasteiger partial charge in [-0.05, 0) is 37.1 Å². The van der Waals surface area contributed by atoms with Crippen LogP contribution in [0.4, 0.5) is 4.39 Å². The van der Waals surface area contributed by atoms with Gasteiger partial charge in [-0.15, -0.1) is 11.3 Å². The molecule has 0 saturated carbocycles. The van der Waals surface area contributed by atoms with Crippen molar-refractivity contribution in [2.24, 2.45) is 5.84 Å². The van der Waals surface area contributed by atoms with E-state index in [0.29, 0.717) is 19.8 Å². The van der Waals surface area contributed by atoms with Crippen molar-refractivity contribution in [3.63, 3.8) is 0 Å². The van der Waals surface area contributed by atoms with Gasteiger partial charge in [-0.3, -0.25) is 5.84 Å². The fourth-order valence-corrected chi connectivity index (χ4v) is 3.70. The number of nitrogens with one attached hydrogen (secondary N) is 1. The van der Waals surface area contributed by atoms with E-state index in [2.05, 4.69) is 5.43 Å². The van der Waals surface area contributed by atoms with Crippen molar-refractivity contribution < 1.29 is 4.39 Å². The first-order valence-corrected chi connectivity index (χ1v) is 7.18. The SMILES string of the molecule is Cc1cc(C)c(C(NN)c2cc(Cl)sc2Cl)c(F)c1. The van der Waals surface area contributed by atoms with Crippen molar-refractivity contribution in [3.05, 3.63) is 54.9 Å². The first kappa shape index (κ1) is 14.8. The van der Waals surface area contributed by atoms with Gasteiger partial charge in [0.05, 0.1) is 14.7 Å². The lowest BCUT2D eigenvalue weighted by Crippen LogP contribution is -2.30. The topological polar surface area (TPSA) is 38.0 Å². The third-order valence-electron chi connectivity index (χ3n) is 2.93. The molecule has 0 amide bonds. The van der Waals surface area contributed by atoms with E-state index in [1.54, 1.807) is 6.07 Å². The summed E-state index contributed by atoms with van der Waals surface area (Å²) in [5.41, 5.74) is 5.47. The molecule has 0 saturated heterocycles. The average Bonchev–Trinajstić information content (AvgIpc) is 2.62. The Hall–Kier alpha value is -0.650. The summed E-state index contributed by atoms with van der Waals surface area (Å²) >= 11 is 13.3. The predicted molar refractivity (Wildman–Crippen MR) is 79.4 cm³/mol. The van der Waals surface area contributed by atoms with Crippen molar-refractivity contribution >= 4 is 34.5 Å². The summed E-state index contributed by atoms with van der Waals surface area (Å²) in [6, 6.07) is 4.58. The maximum Gasteiger partial charge on any atom is 0.128 e. The number of hydrazine groups is 1. The Bertz CT molecular complexity index is 590. The van der Waals surface area contributed by atoms with Gasteiger partial charge in [-0.2, -0.15) is 0 Å². The fraction of sp³-hybridized carbons (Fsp3) is 0.231. The van der Waals surface area contributed by atoms with Crippen LogP contribution in [0.1, 0.15) is 28.3 Å². The minimum absolute atomic E-state index is 0.307. The highest BCUT2D eigenvalue weighted by Gasteiger charge is 2.23. The van der Waals surface area contributed by atoms with Gasteiger partial charge < -0.3 is 0 Å². The van der Waals surface area contributed by atoms with Crippen LogP contribution in [0.15, 0.2) is 18.2 Å². The fourth-order valence-electron chi connectivity index (χ4n) is 2.17. The Morgan fingerprint density at radius 2 is 1.95 bits per heavy atom. The van der Waals surface area contributed by atoms with Crippen LogP contribution >= 0.6 is 34.5 Å². The summed E-state index contributed by atoms with van der Waals surface area (Å²) in [7, 11) is 0. The largest absolute Gasteiger partial charge is 0.271 e. The lowest BCUT2D eigenvalue weighted by Gasteiger charge is -2.19. The number of hydrogen-bond donors (Lipinski definition) is 2. The molecule has 1 aromatic heterocycles. The van der Waals surface area contributed by atoms with Crippen LogP contribution in [0.2, 0.25) is 8.67 Å². The smallest absolute Gasteiger partial charge is 0.128 e. The molecule has 1 unspecified atom stereocenters. The zero-order valence-corrected chi connectivity index (χ0v) is 12.8. The van der Waals surface area contributed by atoms with E-state index in [4.69, 9.17) is 29.0 Å². The second-order valence-electron chi connectivity index (χ2n) is 4.36. The third kappa shape index (κ3) is 2.93. The molecule has 2 rings (SSSR count). The maximum absolute atomic E-state index is 14.2. The van der Waals surface area contributed by atoms with Gasteiger partial charge in [0.15, 0.2) is 0 Å². The highest BCUT2D eigenvalue weighted by Crippen LogP contribution is 2.38. The predicted octanol–water partition coefficient (Wildman–Crippen LogP) is 4.36. The number of benzene rings is 1. The molecule has 1 aromatic carbocycles. The van der Waals surface area contributed by atoms with E-state index >= 15 is 0 Å². The Balaban J connectivity index is 2.57. The molecule has 0 spiro atoms. The molecular formula is C13H13Cl2FN2S. The first-order chi connectivity index (χ1) is 8.93. The molecule has 2 aromatic rings. The van der Waals surface area contributed by atoms with Gasteiger partial charge in [0, 0.05) is 11.1 Å². The summed E-state index contributed by atoms with van der Waals surface area (Å²) in [4.78, 5) is 0. The van der Waals surface area contributed by atoms with Crippen LogP contribution in [0.25, 0.3) is 0 Å². The summed E-state index contributed by atoms with van der Waals surface area (Å²) in [5.74, 6) is 5.27. The molecule has 102 valence electrons. The molecule has 1 heterocycles. The summed E-state index contributed by atoms with van der Waals surface area (Å²) in [6.45, 7) is 3.69. The average molecular weight is 319 g/mol. The minimum Gasteiger partial charge on any atom is -0.271 e. The van der Waals surface area contributed by atoms with Crippen LogP contribution in [-0.4, -0.2) is 0 Å². The monoisotopic (exact) mass is 318 g/mol. The van der Waals surface area contributed by atoms with Gasteiger partial charge in [-0.25, -0.2) is 9.82 Å². The van der Waals surface area contributed by atoms with Gasteiger partial charge in [0.2, 0.25) is 0 Å². The van der Waals surface area contributed by atoms with Crippen LogP contribution in [-0.2, 0) is 0 Å². The maximum atomic E-state index is 14.2. The van der Waals surface area contributed by atoms with E-state index in [1.165, 1.54) is 17.4 Å². The highest BCUT2D eigenvalue weighted by molar-refractivity contribution is 7.20. The van der Waals surface area contributed by atoms with E-state index < -0.39 is 6.04 Å². The van der Waals surface area contributed by atoms with Crippen LogP contribution in [0, 0.1) is 19.7 Å². The summed E-state index contributed by atoms with van der Waals surface area (Å²) in [6.07, 6.45) is 0. The second-order valence-corrected chi connectivity index (χ2v) is 6.64. The zero-order valence-electron chi connectivity index (χ0n) is 10.4. The van der Waals surface area contributed by atoms with E-state index in [-0.39, 0.29) is 5.82 Å². The van der Waals surface area contributed by atoms with Crippen molar-refractivity contribution in [1.82, 2.24) is 5.43 Å². The molecule has 0 fully saturated rings. The highest BCUT2D eigenvalue weighted by atomic mass is 35.5. The lowest BCUT2D eigenvalue weighted by molar-refractivity contribution is 0.557. The molecule has 2 nitrogen and oxygen atoms in total. The molecular weight excluding hydrogens is 306 g/mol. The Morgan fingerprint density at radius 1 is 1.26 bits per heavy atom. The first-order valence-electron chi connectivity index (χ1n) is 5.61. The molecule has 1 atom stereocenters. The molecule has 19 heavy (non-hydrogen) atoms. The minimum atomic E-state index is -0.517. The molecule has 0 aliphatic carbocycles. The van der Waals surface area contributed by atoms with Crippen LogP contribution < -0.4 is 11.3 Å². The Morgan fingerprint density at radius 3 is 2.42 bits per heavy atom. The van der Waals surface area contributed by atoms with E-state index in [0.717, 1.165) is 11.1 Å².